The van der Waals surface area contributed by atoms with E-state index in [1.807, 2.05) is 30.5 Å². The molecule has 0 unspecified atom stereocenters. The Kier molecular flexibility index (Phi) is 5.63. The number of pyridine rings is 1. The van der Waals surface area contributed by atoms with E-state index in [2.05, 4.69) is 52.0 Å². The number of hydrogen-bond donors (Lipinski definition) is 1. The van der Waals surface area contributed by atoms with Gasteiger partial charge in [0.05, 0.1) is 11.0 Å². The minimum Gasteiger partial charge on any atom is -0.342 e. The number of nitrogens with one attached hydrogen (secondary N) is 1. The van der Waals surface area contributed by atoms with Crippen molar-refractivity contribution in [2.75, 3.05) is 31.1 Å². The average molecular weight is 468 g/mol. The molecule has 1 fully saturated rings. The SMILES string of the molecule is Cc1noc(-c2ccc3nc(Cc4cc(CN5CCN(c6ncccn6)CC5)ccn4)[nH]c3c2)n1. The van der Waals surface area contributed by atoms with Crippen LogP contribution in [0.3, 0.4) is 0 Å². The number of aromatic amines is 1. The van der Waals surface area contributed by atoms with Crippen molar-refractivity contribution in [3.63, 3.8) is 0 Å². The monoisotopic (exact) mass is 467 g/mol. The maximum Gasteiger partial charge on any atom is 0.257 e. The number of hydrogen-bond acceptors (Lipinski definition) is 9. The molecule has 1 aliphatic heterocycles. The number of aromatic nitrogens is 7. The van der Waals surface area contributed by atoms with Gasteiger partial charge < -0.3 is 14.4 Å². The van der Waals surface area contributed by atoms with Gasteiger partial charge in [-0.3, -0.25) is 9.88 Å². The number of benzene rings is 1. The van der Waals surface area contributed by atoms with E-state index in [0.717, 1.165) is 66.8 Å². The van der Waals surface area contributed by atoms with E-state index in [-0.39, 0.29) is 0 Å². The molecule has 4 aromatic heterocycles. The highest BCUT2D eigenvalue weighted by atomic mass is 16.5. The molecule has 1 aliphatic rings. The lowest BCUT2D eigenvalue weighted by atomic mass is 10.1. The third-order valence-electron chi connectivity index (χ3n) is 6.15. The zero-order valence-electron chi connectivity index (χ0n) is 19.4. The fourth-order valence-electron chi connectivity index (χ4n) is 4.41. The van der Waals surface area contributed by atoms with Crippen molar-refractivity contribution in [2.45, 2.75) is 19.9 Å². The van der Waals surface area contributed by atoms with Gasteiger partial charge in [0, 0.05) is 69.0 Å². The molecule has 0 aliphatic carbocycles. The number of imidazole rings is 1. The number of aryl methyl sites for hydroxylation is 1. The van der Waals surface area contributed by atoms with Crippen LogP contribution in [0.4, 0.5) is 5.95 Å². The van der Waals surface area contributed by atoms with Gasteiger partial charge >= 0.3 is 0 Å². The predicted molar refractivity (Wildman–Crippen MR) is 131 cm³/mol. The van der Waals surface area contributed by atoms with E-state index in [1.54, 1.807) is 19.3 Å². The highest BCUT2D eigenvalue weighted by Gasteiger charge is 2.19. The van der Waals surface area contributed by atoms with Gasteiger partial charge in [0.25, 0.3) is 5.89 Å². The van der Waals surface area contributed by atoms with Crippen molar-refractivity contribution in [1.29, 1.82) is 0 Å². The summed E-state index contributed by atoms with van der Waals surface area (Å²) >= 11 is 0. The van der Waals surface area contributed by atoms with Crippen LogP contribution in [0.5, 0.6) is 0 Å². The Hall–Kier alpha value is -4.18. The van der Waals surface area contributed by atoms with Crippen LogP contribution in [0, 0.1) is 6.92 Å². The first kappa shape index (κ1) is 21.4. The zero-order valence-corrected chi connectivity index (χ0v) is 19.4. The lowest BCUT2D eigenvalue weighted by molar-refractivity contribution is 0.248. The number of fused-ring (bicyclic) bond motifs is 1. The number of H-pyrrole nitrogens is 1. The summed E-state index contributed by atoms with van der Waals surface area (Å²) in [6.07, 6.45) is 6.11. The van der Waals surface area contributed by atoms with Crippen LogP contribution in [-0.2, 0) is 13.0 Å². The van der Waals surface area contributed by atoms with E-state index in [9.17, 15) is 0 Å². The maximum absolute atomic E-state index is 5.29. The number of rotatable bonds is 6. The summed E-state index contributed by atoms with van der Waals surface area (Å²) in [6.45, 7) is 6.49. The van der Waals surface area contributed by atoms with Gasteiger partial charge in [-0.2, -0.15) is 4.98 Å². The minimum absolute atomic E-state index is 0.507. The Balaban J connectivity index is 1.11. The van der Waals surface area contributed by atoms with Crippen molar-refractivity contribution >= 4 is 17.0 Å². The number of nitrogens with zero attached hydrogens (tertiary/aromatic N) is 8. The average Bonchev–Trinajstić information content (AvgIpc) is 3.50. The first-order valence-electron chi connectivity index (χ1n) is 11.7. The molecule has 0 radical (unpaired) electrons. The zero-order chi connectivity index (χ0) is 23.6. The van der Waals surface area contributed by atoms with Crippen LogP contribution in [-0.4, -0.2) is 66.1 Å². The second-order valence-corrected chi connectivity index (χ2v) is 8.71. The molecule has 6 rings (SSSR count). The molecule has 0 bridgehead atoms. The molecule has 1 saturated heterocycles. The molecule has 10 nitrogen and oxygen atoms in total. The Labute approximate surface area is 202 Å². The molecule has 0 atom stereocenters. The smallest absolute Gasteiger partial charge is 0.257 e. The predicted octanol–water partition coefficient (Wildman–Crippen LogP) is 3.02. The highest BCUT2D eigenvalue weighted by molar-refractivity contribution is 5.80. The third kappa shape index (κ3) is 4.73. The molecule has 0 saturated carbocycles. The van der Waals surface area contributed by atoms with Crippen LogP contribution in [0.2, 0.25) is 0 Å². The fraction of sp³-hybridized carbons (Fsp3) is 0.280. The van der Waals surface area contributed by atoms with E-state index in [0.29, 0.717) is 18.1 Å². The standard InChI is InChI=1S/C25H25N9O/c1-17-29-24(35-32-17)19-3-4-21-22(14-19)31-23(30-21)15-20-13-18(5-8-26-20)16-33-9-11-34(12-10-33)25-27-6-2-7-28-25/h2-8,13-14H,9-12,15-16H2,1H3,(H,30,31). The Morgan fingerprint density at radius 2 is 1.80 bits per heavy atom. The molecule has 1 aromatic carbocycles. The van der Waals surface area contributed by atoms with Gasteiger partial charge in [-0.25, -0.2) is 15.0 Å². The van der Waals surface area contributed by atoms with Crippen LogP contribution in [0.1, 0.15) is 22.9 Å². The summed E-state index contributed by atoms with van der Waals surface area (Å²) in [5.74, 6) is 2.80. The van der Waals surface area contributed by atoms with Crippen molar-refractivity contribution < 1.29 is 4.52 Å². The van der Waals surface area contributed by atoms with Gasteiger partial charge in [-0.05, 0) is 48.9 Å². The van der Waals surface area contributed by atoms with Gasteiger partial charge in [0.1, 0.15) is 5.82 Å². The second kappa shape index (κ2) is 9.22. The van der Waals surface area contributed by atoms with E-state index < -0.39 is 0 Å². The first-order chi connectivity index (χ1) is 17.2. The number of piperazine rings is 1. The lowest BCUT2D eigenvalue weighted by Crippen LogP contribution is -2.46. The summed E-state index contributed by atoms with van der Waals surface area (Å²) < 4.78 is 5.29. The first-order valence-corrected chi connectivity index (χ1v) is 11.7. The van der Waals surface area contributed by atoms with Crippen molar-refractivity contribution in [1.82, 2.24) is 40.0 Å². The molecule has 176 valence electrons. The van der Waals surface area contributed by atoms with E-state index in [4.69, 9.17) is 9.51 Å². The van der Waals surface area contributed by atoms with Gasteiger partial charge in [-0.15, -0.1) is 0 Å². The van der Waals surface area contributed by atoms with Gasteiger partial charge in [-0.1, -0.05) is 5.16 Å². The summed E-state index contributed by atoms with van der Waals surface area (Å²) in [5.41, 5.74) is 4.95. The molecule has 0 spiro atoms. The van der Waals surface area contributed by atoms with Gasteiger partial charge in [0.2, 0.25) is 5.95 Å². The van der Waals surface area contributed by atoms with Crippen molar-refractivity contribution in [3.8, 4) is 11.5 Å². The van der Waals surface area contributed by atoms with Crippen molar-refractivity contribution in [3.05, 3.63) is 77.9 Å². The third-order valence-corrected chi connectivity index (χ3v) is 6.15. The summed E-state index contributed by atoms with van der Waals surface area (Å²) in [4.78, 5) is 30.5. The molecule has 35 heavy (non-hydrogen) atoms. The van der Waals surface area contributed by atoms with E-state index >= 15 is 0 Å². The van der Waals surface area contributed by atoms with Gasteiger partial charge in [0.15, 0.2) is 5.82 Å². The lowest BCUT2D eigenvalue weighted by Gasteiger charge is -2.34. The maximum atomic E-state index is 5.29. The second-order valence-electron chi connectivity index (χ2n) is 8.71. The van der Waals surface area contributed by atoms with Crippen molar-refractivity contribution in [2.24, 2.45) is 0 Å². The highest BCUT2D eigenvalue weighted by Crippen LogP contribution is 2.23. The fourth-order valence-corrected chi connectivity index (χ4v) is 4.41. The quantitative estimate of drug-likeness (QED) is 0.403. The minimum atomic E-state index is 0.507. The number of anilines is 1. The normalized spacial score (nSPS) is 14.6. The summed E-state index contributed by atoms with van der Waals surface area (Å²) in [7, 11) is 0. The Morgan fingerprint density at radius 1 is 0.943 bits per heavy atom. The Morgan fingerprint density at radius 3 is 2.60 bits per heavy atom. The van der Waals surface area contributed by atoms with E-state index in [1.165, 1.54) is 5.56 Å². The molecule has 0 amide bonds. The molecular formula is C25H25N9O. The van der Waals surface area contributed by atoms with Crippen LogP contribution in [0.15, 0.2) is 59.5 Å². The van der Waals surface area contributed by atoms with Crippen LogP contribution < -0.4 is 4.90 Å². The molecule has 10 heteroatoms. The molecule has 5 heterocycles. The Bertz CT molecular complexity index is 1440. The van der Waals surface area contributed by atoms with Crippen LogP contribution in [0.25, 0.3) is 22.5 Å². The molecular weight excluding hydrogens is 442 g/mol. The largest absolute Gasteiger partial charge is 0.342 e. The molecule has 5 aromatic rings. The molecule has 1 N–H and O–H groups in total. The summed E-state index contributed by atoms with van der Waals surface area (Å²) in [6, 6.07) is 12.0. The van der Waals surface area contributed by atoms with Crippen LogP contribution >= 0.6 is 0 Å². The topological polar surface area (TPSA) is 113 Å². The summed E-state index contributed by atoms with van der Waals surface area (Å²) in [5, 5.41) is 3.87.